The van der Waals surface area contributed by atoms with E-state index < -0.39 is 10.1 Å². The largest absolute Gasteiger partial charge is 0.382 e. The van der Waals surface area contributed by atoms with E-state index in [1.165, 1.54) is 0 Å². The van der Waals surface area contributed by atoms with Gasteiger partial charge in [0.1, 0.15) is 5.75 Å². The van der Waals surface area contributed by atoms with Gasteiger partial charge in [0.2, 0.25) is 5.91 Å². The monoisotopic (exact) mass is 412 g/mol. The summed E-state index contributed by atoms with van der Waals surface area (Å²) in [7, 11) is -3.67. The van der Waals surface area contributed by atoms with E-state index in [4.69, 9.17) is 4.18 Å². The molecule has 0 aliphatic carbocycles. The standard InChI is InChI=1S/C21H36N2O4S/c1-8-17(7)23(21(24)16(5)6)15-18-12-13-19(22(9-2)10-3)14-20(18)27-28(25,26)11-4/h12-14,16-17H,8-11,15H2,1-7H3. The van der Waals surface area contributed by atoms with E-state index in [2.05, 4.69) is 4.90 Å². The molecule has 0 aromatic heterocycles. The van der Waals surface area contributed by atoms with Gasteiger partial charge in [-0.25, -0.2) is 0 Å². The van der Waals surface area contributed by atoms with Crippen molar-refractivity contribution in [3.8, 4) is 5.75 Å². The van der Waals surface area contributed by atoms with Crippen molar-refractivity contribution in [2.75, 3.05) is 23.7 Å². The summed E-state index contributed by atoms with van der Waals surface area (Å²) in [4.78, 5) is 16.7. The molecule has 6 nitrogen and oxygen atoms in total. The van der Waals surface area contributed by atoms with E-state index in [9.17, 15) is 13.2 Å². The lowest BCUT2D eigenvalue weighted by atomic mass is 10.1. The van der Waals surface area contributed by atoms with Crippen LogP contribution in [0.25, 0.3) is 0 Å². The average molecular weight is 413 g/mol. The Kier molecular flexibility index (Phi) is 9.27. The summed E-state index contributed by atoms with van der Waals surface area (Å²) < 4.78 is 29.7. The molecular formula is C21H36N2O4S. The first kappa shape index (κ1) is 24.3. The maximum absolute atomic E-state index is 12.7. The van der Waals surface area contributed by atoms with E-state index >= 15 is 0 Å². The molecule has 0 bridgehead atoms. The van der Waals surface area contributed by atoms with E-state index in [1.54, 1.807) is 13.0 Å². The van der Waals surface area contributed by atoms with Gasteiger partial charge in [-0.1, -0.05) is 26.8 Å². The van der Waals surface area contributed by atoms with Gasteiger partial charge in [-0.2, -0.15) is 8.42 Å². The van der Waals surface area contributed by atoms with Gasteiger partial charge in [-0.05, 0) is 40.2 Å². The number of anilines is 1. The minimum absolute atomic E-state index is 0.0477. The van der Waals surface area contributed by atoms with Crippen LogP contribution in [0.5, 0.6) is 5.75 Å². The Morgan fingerprint density at radius 1 is 1.07 bits per heavy atom. The Balaban J connectivity index is 3.39. The number of carbonyl (C=O) groups is 1. The minimum atomic E-state index is -3.67. The Morgan fingerprint density at radius 3 is 2.14 bits per heavy atom. The first-order valence-electron chi connectivity index (χ1n) is 10.2. The van der Waals surface area contributed by atoms with Crippen molar-refractivity contribution in [3.63, 3.8) is 0 Å². The molecule has 1 aromatic rings. The Morgan fingerprint density at radius 2 is 1.68 bits per heavy atom. The maximum atomic E-state index is 12.7. The smallest absolute Gasteiger partial charge is 0.308 e. The molecule has 0 radical (unpaired) electrons. The topological polar surface area (TPSA) is 66.9 Å². The molecule has 0 aliphatic heterocycles. The third-order valence-corrected chi connectivity index (χ3v) is 6.13. The summed E-state index contributed by atoms with van der Waals surface area (Å²) in [6.07, 6.45) is 0.819. The third-order valence-electron chi connectivity index (χ3n) is 4.99. The Bertz CT molecular complexity index is 743. The number of rotatable bonds is 11. The molecule has 1 amide bonds. The molecular weight excluding hydrogens is 376 g/mol. The van der Waals surface area contributed by atoms with Gasteiger partial charge in [0.05, 0.1) is 5.75 Å². The zero-order chi connectivity index (χ0) is 21.5. The summed E-state index contributed by atoms with van der Waals surface area (Å²) in [5, 5.41) is 0. The van der Waals surface area contributed by atoms with E-state index in [0.29, 0.717) is 17.9 Å². The predicted octanol–water partition coefficient (Wildman–Crippen LogP) is 4.04. The lowest BCUT2D eigenvalue weighted by molar-refractivity contribution is -0.137. The summed E-state index contributed by atoms with van der Waals surface area (Å²) in [5.74, 6) is 0.109. The zero-order valence-corrected chi connectivity index (χ0v) is 19.2. The van der Waals surface area contributed by atoms with Crippen LogP contribution in [0.4, 0.5) is 5.69 Å². The predicted molar refractivity (Wildman–Crippen MR) is 115 cm³/mol. The highest BCUT2D eigenvalue weighted by Gasteiger charge is 2.24. The molecule has 160 valence electrons. The number of hydrogen-bond donors (Lipinski definition) is 0. The molecule has 0 heterocycles. The number of nitrogens with zero attached hydrogens (tertiary/aromatic N) is 2. The van der Waals surface area contributed by atoms with Crippen molar-refractivity contribution < 1.29 is 17.4 Å². The average Bonchev–Trinajstić information content (AvgIpc) is 2.66. The fourth-order valence-corrected chi connectivity index (χ4v) is 3.47. The number of hydrogen-bond acceptors (Lipinski definition) is 5. The van der Waals surface area contributed by atoms with Gasteiger partial charge >= 0.3 is 10.1 Å². The number of amides is 1. The first-order valence-corrected chi connectivity index (χ1v) is 11.8. The van der Waals surface area contributed by atoms with Crippen molar-refractivity contribution in [1.29, 1.82) is 0 Å². The number of carbonyl (C=O) groups excluding carboxylic acids is 1. The molecule has 28 heavy (non-hydrogen) atoms. The fourth-order valence-electron chi connectivity index (χ4n) is 2.92. The van der Waals surface area contributed by atoms with Crippen LogP contribution in [0.3, 0.4) is 0 Å². The summed E-state index contributed by atoms with van der Waals surface area (Å²) >= 11 is 0. The van der Waals surface area contributed by atoms with Crippen LogP contribution in [0.2, 0.25) is 0 Å². The third kappa shape index (κ3) is 6.40. The van der Waals surface area contributed by atoms with Gasteiger partial charge in [0.15, 0.2) is 0 Å². The van der Waals surface area contributed by atoms with Gasteiger partial charge in [0.25, 0.3) is 0 Å². The van der Waals surface area contributed by atoms with Crippen LogP contribution in [-0.4, -0.2) is 44.1 Å². The van der Waals surface area contributed by atoms with Gasteiger partial charge in [-0.3, -0.25) is 4.79 Å². The van der Waals surface area contributed by atoms with Crippen LogP contribution in [0, 0.1) is 5.92 Å². The van der Waals surface area contributed by atoms with Crippen LogP contribution < -0.4 is 9.08 Å². The van der Waals surface area contributed by atoms with Crippen LogP contribution in [0.1, 0.15) is 60.5 Å². The van der Waals surface area contributed by atoms with Crippen molar-refractivity contribution in [2.45, 2.75) is 67.5 Å². The lowest BCUT2D eigenvalue weighted by Gasteiger charge is -2.31. The maximum Gasteiger partial charge on any atom is 0.308 e. The van der Waals surface area contributed by atoms with Gasteiger partial charge in [0, 0.05) is 48.9 Å². The highest BCUT2D eigenvalue weighted by atomic mass is 32.2. The highest BCUT2D eigenvalue weighted by molar-refractivity contribution is 7.87. The number of benzene rings is 1. The molecule has 1 unspecified atom stereocenters. The van der Waals surface area contributed by atoms with Crippen LogP contribution in [-0.2, 0) is 21.5 Å². The fraction of sp³-hybridized carbons (Fsp3) is 0.667. The van der Waals surface area contributed by atoms with Crippen molar-refractivity contribution in [2.24, 2.45) is 5.92 Å². The van der Waals surface area contributed by atoms with Gasteiger partial charge in [-0.15, -0.1) is 0 Å². The molecule has 0 N–H and O–H groups in total. The second-order valence-electron chi connectivity index (χ2n) is 7.27. The van der Waals surface area contributed by atoms with Crippen LogP contribution >= 0.6 is 0 Å². The molecule has 1 rings (SSSR count). The molecule has 1 aromatic carbocycles. The Labute approximate surface area is 171 Å². The minimum Gasteiger partial charge on any atom is -0.382 e. The van der Waals surface area contributed by atoms with Crippen molar-refractivity contribution >= 4 is 21.7 Å². The van der Waals surface area contributed by atoms with Crippen molar-refractivity contribution in [1.82, 2.24) is 4.90 Å². The second-order valence-corrected chi connectivity index (χ2v) is 9.13. The van der Waals surface area contributed by atoms with E-state index in [0.717, 1.165) is 25.2 Å². The van der Waals surface area contributed by atoms with Crippen molar-refractivity contribution in [3.05, 3.63) is 23.8 Å². The molecule has 0 saturated carbocycles. The van der Waals surface area contributed by atoms with Gasteiger partial charge < -0.3 is 14.0 Å². The molecule has 7 heteroatoms. The van der Waals surface area contributed by atoms with Crippen LogP contribution in [0.15, 0.2) is 18.2 Å². The summed E-state index contributed by atoms with van der Waals surface area (Å²) in [6.45, 7) is 15.4. The molecule has 0 fully saturated rings. The van der Waals surface area contributed by atoms with E-state index in [1.807, 2.05) is 58.6 Å². The SMILES string of the molecule is CCC(C)N(Cc1ccc(N(CC)CC)cc1OS(=O)(=O)CC)C(=O)C(C)C. The summed E-state index contributed by atoms with van der Waals surface area (Å²) in [6, 6.07) is 5.65. The zero-order valence-electron chi connectivity index (χ0n) is 18.4. The summed E-state index contributed by atoms with van der Waals surface area (Å²) in [5.41, 5.74) is 1.60. The second kappa shape index (κ2) is 10.7. The molecule has 0 aliphatic rings. The first-order chi connectivity index (χ1) is 13.1. The quantitative estimate of drug-likeness (QED) is 0.513. The Hall–Kier alpha value is -1.76. The molecule has 0 saturated heterocycles. The molecule has 1 atom stereocenters. The highest BCUT2D eigenvalue weighted by Crippen LogP contribution is 2.29. The normalized spacial score (nSPS) is 12.7. The molecule has 0 spiro atoms. The van der Waals surface area contributed by atoms with E-state index in [-0.39, 0.29) is 23.6 Å². The lowest BCUT2D eigenvalue weighted by Crippen LogP contribution is -2.40.